The highest BCUT2D eigenvalue weighted by atomic mass is 32.2. The predicted octanol–water partition coefficient (Wildman–Crippen LogP) is 1.80. The molecule has 0 radical (unpaired) electrons. The van der Waals surface area contributed by atoms with Gasteiger partial charge in [-0.2, -0.15) is 0 Å². The van der Waals surface area contributed by atoms with Gasteiger partial charge >= 0.3 is 0 Å². The highest BCUT2D eigenvalue weighted by Crippen LogP contribution is 2.28. The van der Waals surface area contributed by atoms with E-state index in [0.717, 1.165) is 35.7 Å². The molecule has 1 atom stereocenters. The summed E-state index contributed by atoms with van der Waals surface area (Å²) >= 11 is 1.73. The van der Waals surface area contributed by atoms with Crippen LogP contribution in [0.1, 0.15) is 25.3 Å². The molecule has 118 valence electrons. The number of carbonyl (C=O) groups is 2. The van der Waals surface area contributed by atoms with Crippen LogP contribution in [0.5, 0.6) is 0 Å². The second kappa shape index (κ2) is 6.71. The summed E-state index contributed by atoms with van der Waals surface area (Å²) in [6, 6.07) is 8.08. The lowest BCUT2D eigenvalue weighted by Gasteiger charge is -2.20. The number of rotatable bonds is 5. The van der Waals surface area contributed by atoms with Crippen molar-refractivity contribution in [2.24, 2.45) is 0 Å². The van der Waals surface area contributed by atoms with E-state index in [1.807, 2.05) is 29.2 Å². The lowest BCUT2D eigenvalue weighted by atomic mass is 10.2. The Morgan fingerprint density at radius 1 is 1.32 bits per heavy atom. The van der Waals surface area contributed by atoms with E-state index in [4.69, 9.17) is 0 Å². The van der Waals surface area contributed by atoms with Gasteiger partial charge in [0.25, 0.3) is 0 Å². The Morgan fingerprint density at radius 3 is 2.59 bits per heavy atom. The Labute approximate surface area is 134 Å². The maximum absolute atomic E-state index is 12.0. The maximum atomic E-state index is 12.0. The summed E-state index contributed by atoms with van der Waals surface area (Å²) in [5, 5.41) is 6.08. The van der Waals surface area contributed by atoms with Gasteiger partial charge in [-0.25, -0.2) is 0 Å². The van der Waals surface area contributed by atoms with Crippen molar-refractivity contribution in [1.82, 2.24) is 10.2 Å². The van der Waals surface area contributed by atoms with E-state index in [1.165, 1.54) is 0 Å². The van der Waals surface area contributed by atoms with Crippen molar-refractivity contribution in [3.8, 4) is 0 Å². The smallest absolute Gasteiger partial charge is 0.242 e. The maximum Gasteiger partial charge on any atom is 0.242 e. The molecule has 6 heteroatoms. The van der Waals surface area contributed by atoms with Crippen molar-refractivity contribution in [1.29, 1.82) is 0 Å². The fraction of sp³-hybridized carbons (Fsp3) is 0.500. The Morgan fingerprint density at radius 2 is 2.05 bits per heavy atom. The third-order valence-electron chi connectivity index (χ3n) is 4.00. The quantitative estimate of drug-likeness (QED) is 0.869. The van der Waals surface area contributed by atoms with Crippen LogP contribution in [0.2, 0.25) is 0 Å². The van der Waals surface area contributed by atoms with Crippen molar-refractivity contribution in [2.75, 3.05) is 16.9 Å². The van der Waals surface area contributed by atoms with E-state index in [-0.39, 0.29) is 17.9 Å². The Kier molecular flexibility index (Phi) is 4.69. The lowest BCUT2D eigenvalue weighted by Crippen LogP contribution is -2.37. The molecule has 1 aromatic carbocycles. The van der Waals surface area contributed by atoms with Crippen LogP contribution in [0.3, 0.4) is 0 Å². The normalized spacial score (nSPS) is 20.7. The monoisotopic (exact) mass is 319 g/mol. The summed E-state index contributed by atoms with van der Waals surface area (Å²) in [5.74, 6) is 1.79. The number of nitrogens with zero attached hydrogens (tertiary/aromatic N) is 1. The van der Waals surface area contributed by atoms with E-state index in [1.54, 1.807) is 18.7 Å². The van der Waals surface area contributed by atoms with E-state index < -0.39 is 0 Å². The van der Waals surface area contributed by atoms with Crippen molar-refractivity contribution in [3.05, 3.63) is 29.8 Å². The molecule has 0 aromatic heterocycles. The lowest BCUT2D eigenvalue weighted by molar-refractivity contribution is -0.130. The summed E-state index contributed by atoms with van der Waals surface area (Å²) in [6.07, 6.45) is 2.22. The molecule has 1 saturated carbocycles. The number of amides is 2. The first-order chi connectivity index (χ1) is 10.6. The van der Waals surface area contributed by atoms with Crippen LogP contribution >= 0.6 is 11.8 Å². The number of benzene rings is 1. The molecule has 2 fully saturated rings. The minimum atomic E-state index is -0.104. The molecule has 1 aromatic rings. The highest BCUT2D eigenvalue weighted by Gasteiger charge is 2.30. The van der Waals surface area contributed by atoms with Gasteiger partial charge in [-0.05, 0) is 30.5 Å². The summed E-state index contributed by atoms with van der Waals surface area (Å²) in [5.41, 5.74) is 1.89. The molecule has 1 aliphatic carbocycles. The molecule has 1 heterocycles. The second-order valence-electron chi connectivity index (χ2n) is 5.84. The van der Waals surface area contributed by atoms with Crippen LogP contribution in [0.15, 0.2) is 24.3 Å². The number of hydrogen-bond donors (Lipinski definition) is 2. The van der Waals surface area contributed by atoms with Crippen molar-refractivity contribution in [3.63, 3.8) is 0 Å². The van der Waals surface area contributed by atoms with Gasteiger partial charge < -0.3 is 10.2 Å². The van der Waals surface area contributed by atoms with Gasteiger partial charge in [0.05, 0.1) is 6.04 Å². The van der Waals surface area contributed by atoms with Gasteiger partial charge in [0.2, 0.25) is 11.8 Å². The van der Waals surface area contributed by atoms with Crippen LogP contribution < -0.4 is 10.6 Å². The summed E-state index contributed by atoms with van der Waals surface area (Å²) in [7, 11) is 0. The average Bonchev–Trinajstić information content (AvgIpc) is 3.18. The van der Waals surface area contributed by atoms with Crippen molar-refractivity contribution in [2.45, 2.75) is 38.4 Å². The van der Waals surface area contributed by atoms with Gasteiger partial charge in [0, 0.05) is 36.8 Å². The molecule has 22 heavy (non-hydrogen) atoms. The first-order valence-electron chi connectivity index (χ1n) is 7.61. The zero-order valence-corrected chi connectivity index (χ0v) is 13.5. The van der Waals surface area contributed by atoms with Crippen LogP contribution in [0, 0.1) is 0 Å². The Balaban J connectivity index is 1.57. The largest absolute Gasteiger partial charge is 0.336 e. The number of thioether (sulfide) groups is 1. The van der Waals surface area contributed by atoms with Crippen molar-refractivity contribution < 1.29 is 9.59 Å². The minimum Gasteiger partial charge on any atom is -0.336 e. The Bertz CT molecular complexity index is 551. The molecule has 3 rings (SSSR count). The number of anilines is 1. The molecule has 2 aliphatic rings. The van der Waals surface area contributed by atoms with Gasteiger partial charge in [-0.3, -0.25) is 14.9 Å². The van der Waals surface area contributed by atoms with Crippen LogP contribution in [-0.2, 0) is 16.1 Å². The van der Waals surface area contributed by atoms with E-state index in [0.29, 0.717) is 12.6 Å². The van der Waals surface area contributed by atoms with E-state index in [2.05, 4.69) is 10.6 Å². The average molecular weight is 319 g/mol. The van der Waals surface area contributed by atoms with Gasteiger partial charge in [-0.1, -0.05) is 12.1 Å². The second-order valence-corrected chi connectivity index (χ2v) is 6.87. The molecule has 2 amide bonds. The molecule has 1 unspecified atom stereocenters. The summed E-state index contributed by atoms with van der Waals surface area (Å²) < 4.78 is 0. The van der Waals surface area contributed by atoms with Gasteiger partial charge in [0.1, 0.15) is 0 Å². The van der Waals surface area contributed by atoms with Crippen LogP contribution in [-0.4, -0.2) is 40.4 Å². The summed E-state index contributed by atoms with van der Waals surface area (Å²) in [6.45, 7) is 2.27. The predicted molar refractivity (Wildman–Crippen MR) is 88.6 cm³/mol. The molecular weight excluding hydrogens is 298 g/mol. The fourth-order valence-corrected chi connectivity index (χ4v) is 3.51. The van der Waals surface area contributed by atoms with Crippen LogP contribution in [0.25, 0.3) is 0 Å². The minimum absolute atomic E-state index is 0.0149. The summed E-state index contributed by atoms with van der Waals surface area (Å²) in [4.78, 5) is 25.6. The number of hydrogen-bond acceptors (Lipinski definition) is 4. The SMILES string of the molecule is CC(=O)N(Cc1ccc(NC(=O)C2CSCN2)cc1)C1CC1. The molecular formula is C16H21N3O2S. The fourth-order valence-electron chi connectivity index (χ4n) is 2.57. The first kappa shape index (κ1) is 15.4. The molecule has 5 nitrogen and oxygen atoms in total. The van der Waals surface area contributed by atoms with Crippen molar-refractivity contribution >= 4 is 29.3 Å². The number of nitrogens with one attached hydrogen (secondary N) is 2. The molecule has 0 spiro atoms. The third-order valence-corrected chi connectivity index (χ3v) is 4.94. The molecule has 2 N–H and O–H groups in total. The van der Waals surface area contributed by atoms with Gasteiger partial charge in [-0.15, -0.1) is 11.8 Å². The zero-order chi connectivity index (χ0) is 15.5. The van der Waals surface area contributed by atoms with Crippen LogP contribution in [0.4, 0.5) is 5.69 Å². The topological polar surface area (TPSA) is 61.4 Å². The van der Waals surface area contributed by atoms with E-state index in [9.17, 15) is 9.59 Å². The standard InChI is InChI=1S/C16H21N3O2S/c1-11(20)19(14-6-7-14)8-12-2-4-13(5-3-12)18-16(21)15-9-22-10-17-15/h2-5,14-15,17H,6-10H2,1H3,(H,18,21). The molecule has 0 bridgehead atoms. The van der Waals surface area contributed by atoms with E-state index >= 15 is 0 Å². The third kappa shape index (κ3) is 3.81. The zero-order valence-electron chi connectivity index (χ0n) is 12.7. The highest BCUT2D eigenvalue weighted by molar-refractivity contribution is 7.99. The number of carbonyl (C=O) groups excluding carboxylic acids is 2. The molecule has 1 saturated heterocycles. The van der Waals surface area contributed by atoms with Gasteiger partial charge in [0.15, 0.2) is 0 Å². The molecule has 1 aliphatic heterocycles. The first-order valence-corrected chi connectivity index (χ1v) is 8.77. The Hall–Kier alpha value is -1.53.